The lowest BCUT2D eigenvalue weighted by atomic mass is 10.00. The molecule has 4 heteroatoms. The molecule has 1 aromatic rings. The molecule has 4 nitrogen and oxygen atoms in total. The van der Waals surface area contributed by atoms with E-state index in [1.807, 2.05) is 37.3 Å². The van der Waals surface area contributed by atoms with Crippen LogP contribution in [0.3, 0.4) is 0 Å². The molecule has 0 saturated heterocycles. The number of hydrogen-bond acceptors (Lipinski definition) is 2. The summed E-state index contributed by atoms with van der Waals surface area (Å²) >= 11 is 0. The molecule has 0 bridgehead atoms. The Bertz CT molecular complexity index is 417. The lowest BCUT2D eigenvalue weighted by Crippen LogP contribution is -2.33. The van der Waals surface area contributed by atoms with Crippen molar-refractivity contribution in [1.82, 2.24) is 4.90 Å². The highest BCUT2D eigenvalue weighted by Crippen LogP contribution is 2.11. The fourth-order valence-corrected chi connectivity index (χ4v) is 2.01. The van der Waals surface area contributed by atoms with Crippen LogP contribution in [0.5, 0.6) is 0 Å². The van der Waals surface area contributed by atoms with Crippen LogP contribution in [0.1, 0.15) is 25.3 Å². The van der Waals surface area contributed by atoms with Crippen LogP contribution >= 0.6 is 0 Å². The Morgan fingerprint density at radius 3 is 2.47 bits per heavy atom. The molecule has 104 valence electrons. The van der Waals surface area contributed by atoms with Crippen molar-refractivity contribution in [3.63, 3.8) is 0 Å². The molecule has 1 rings (SSSR count). The van der Waals surface area contributed by atoms with Crippen molar-refractivity contribution in [3.05, 3.63) is 35.9 Å². The van der Waals surface area contributed by atoms with E-state index in [2.05, 4.69) is 0 Å². The number of nitrogens with zero attached hydrogens (tertiary/aromatic N) is 1. The Labute approximate surface area is 114 Å². The minimum Gasteiger partial charge on any atom is -0.481 e. The van der Waals surface area contributed by atoms with E-state index in [0.717, 1.165) is 5.56 Å². The Morgan fingerprint density at radius 2 is 1.89 bits per heavy atom. The smallest absolute Gasteiger partial charge is 0.303 e. The second kappa shape index (κ2) is 7.56. The van der Waals surface area contributed by atoms with E-state index in [9.17, 15) is 9.59 Å². The fraction of sp³-hybridized carbons (Fsp3) is 0.467. The third kappa shape index (κ3) is 5.55. The number of hydrogen-bond donors (Lipinski definition) is 1. The highest BCUT2D eigenvalue weighted by atomic mass is 16.4. The largest absolute Gasteiger partial charge is 0.481 e. The van der Waals surface area contributed by atoms with Crippen molar-refractivity contribution in [3.8, 4) is 0 Å². The van der Waals surface area contributed by atoms with Crippen LogP contribution in [0.4, 0.5) is 0 Å². The quantitative estimate of drug-likeness (QED) is 0.820. The zero-order valence-electron chi connectivity index (χ0n) is 11.5. The fourth-order valence-electron chi connectivity index (χ4n) is 2.01. The first kappa shape index (κ1) is 15.2. The molecule has 0 fully saturated rings. The number of aliphatic carboxylic acids is 1. The van der Waals surface area contributed by atoms with Gasteiger partial charge in [-0.05, 0) is 18.4 Å². The molecule has 0 radical (unpaired) electrons. The molecule has 1 aromatic carbocycles. The highest BCUT2D eigenvalue weighted by Gasteiger charge is 2.17. The molecular weight excluding hydrogens is 242 g/mol. The lowest BCUT2D eigenvalue weighted by molar-refractivity contribution is -0.138. The van der Waals surface area contributed by atoms with Gasteiger partial charge in [0.05, 0.1) is 0 Å². The van der Waals surface area contributed by atoms with E-state index >= 15 is 0 Å². The van der Waals surface area contributed by atoms with Gasteiger partial charge < -0.3 is 10.0 Å². The van der Waals surface area contributed by atoms with Gasteiger partial charge in [0.15, 0.2) is 0 Å². The van der Waals surface area contributed by atoms with Crippen LogP contribution in [0.2, 0.25) is 0 Å². The van der Waals surface area contributed by atoms with E-state index in [4.69, 9.17) is 5.11 Å². The van der Waals surface area contributed by atoms with Crippen LogP contribution in [0.15, 0.2) is 30.3 Å². The molecule has 1 amide bonds. The molecule has 1 N–H and O–H groups in total. The zero-order valence-corrected chi connectivity index (χ0v) is 11.5. The number of carbonyl (C=O) groups is 2. The predicted octanol–water partition coefficient (Wildman–Crippen LogP) is 2.19. The molecule has 0 heterocycles. The van der Waals surface area contributed by atoms with Crippen molar-refractivity contribution in [2.45, 2.75) is 26.2 Å². The molecule has 19 heavy (non-hydrogen) atoms. The maximum Gasteiger partial charge on any atom is 0.303 e. The highest BCUT2D eigenvalue weighted by molar-refractivity contribution is 5.78. The van der Waals surface area contributed by atoms with E-state index < -0.39 is 5.97 Å². The van der Waals surface area contributed by atoms with Gasteiger partial charge in [0, 0.05) is 25.9 Å². The van der Waals surface area contributed by atoms with Crippen LogP contribution in [0.25, 0.3) is 0 Å². The monoisotopic (exact) mass is 263 g/mol. The van der Waals surface area contributed by atoms with E-state index in [0.29, 0.717) is 19.4 Å². The van der Waals surface area contributed by atoms with Gasteiger partial charge in [-0.1, -0.05) is 37.3 Å². The first-order valence-electron chi connectivity index (χ1n) is 6.51. The molecule has 0 saturated carbocycles. The average molecular weight is 263 g/mol. The van der Waals surface area contributed by atoms with E-state index in [1.165, 1.54) is 0 Å². The van der Waals surface area contributed by atoms with Crippen molar-refractivity contribution >= 4 is 11.9 Å². The predicted molar refractivity (Wildman–Crippen MR) is 73.8 cm³/mol. The molecule has 0 aliphatic heterocycles. The maximum absolute atomic E-state index is 12.1. The summed E-state index contributed by atoms with van der Waals surface area (Å²) in [5.41, 5.74) is 1.14. The van der Waals surface area contributed by atoms with Gasteiger partial charge in [-0.2, -0.15) is 0 Å². The summed E-state index contributed by atoms with van der Waals surface area (Å²) in [5, 5.41) is 8.57. The minimum absolute atomic E-state index is 0.0641. The topological polar surface area (TPSA) is 57.6 Å². The van der Waals surface area contributed by atoms with Gasteiger partial charge in [-0.25, -0.2) is 0 Å². The summed E-state index contributed by atoms with van der Waals surface area (Å²) < 4.78 is 0. The molecule has 0 aliphatic rings. The number of carboxylic acid groups (broad SMARTS) is 1. The Hall–Kier alpha value is -1.84. The lowest BCUT2D eigenvalue weighted by Gasteiger charge is -2.21. The first-order chi connectivity index (χ1) is 9.00. The van der Waals surface area contributed by atoms with Crippen LogP contribution in [-0.4, -0.2) is 35.5 Å². The first-order valence-corrected chi connectivity index (χ1v) is 6.51. The van der Waals surface area contributed by atoms with Crippen LogP contribution < -0.4 is 0 Å². The zero-order chi connectivity index (χ0) is 14.3. The van der Waals surface area contributed by atoms with Gasteiger partial charge in [0.2, 0.25) is 5.91 Å². The molecule has 0 spiro atoms. The average Bonchev–Trinajstić information content (AvgIpc) is 2.38. The van der Waals surface area contributed by atoms with Gasteiger partial charge >= 0.3 is 5.97 Å². The van der Waals surface area contributed by atoms with E-state index in [1.54, 1.807) is 11.9 Å². The number of benzene rings is 1. The summed E-state index contributed by atoms with van der Waals surface area (Å²) in [4.78, 5) is 24.1. The number of amides is 1. The molecular formula is C15H21NO3. The van der Waals surface area contributed by atoms with Crippen molar-refractivity contribution in [2.75, 3.05) is 13.6 Å². The molecule has 0 unspecified atom stereocenters. The van der Waals surface area contributed by atoms with Crippen LogP contribution in [-0.2, 0) is 16.0 Å². The number of carbonyl (C=O) groups excluding carboxylic acids is 1. The SMILES string of the molecule is C[C@@H](Cc1ccccc1)C(=O)N(C)CCCC(=O)O. The van der Waals surface area contributed by atoms with Crippen LogP contribution in [0, 0.1) is 5.92 Å². The summed E-state index contributed by atoms with van der Waals surface area (Å²) in [6, 6.07) is 9.89. The van der Waals surface area contributed by atoms with Crippen molar-refractivity contribution < 1.29 is 14.7 Å². The second-order valence-corrected chi connectivity index (χ2v) is 4.85. The van der Waals surface area contributed by atoms with Gasteiger partial charge in [0.25, 0.3) is 0 Å². The summed E-state index contributed by atoms with van der Waals surface area (Å²) in [6.45, 7) is 2.40. The van der Waals surface area contributed by atoms with Crippen molar-refractivity contribution in [1.29, 1.82) is 0 Å². The third-order valence-corrected chi connectivity index (χ3v) is 3.07. The maximum atomic E-state index is 12.1. The summed E-state index contributed by atoms with van der Waals surface area (Å²) in [5.74, 6) is -0.843. The third-order valence-electron chi connectivity index (χ3n) is 3.07. The molecule has 1 atom stereocenters. The van der Waals surface area contributed by atoms with E-state index in [-0.39, 0.29) is 18.2 Å². The van der Waals surface area contributed by atoms with Gasteiger partial charge in [-0.15, -0.1) is 0 Å². The summed E-state index contributed by atoms with van der Waals surface area (Å²) in [7, 11) is 1.73. The normalized spacial score (nSPS) is 11.9. The van der Waals surface area contributed by atoms with Gasteiger partial charge in [-0.3, -0.25) is 9.59 Å². The Kier molecular flexibility index (Phi) is 6.06. The van der Waals surface area contributed by atoms with Gasteiger partial charge in [0.1, 0.15) is 0 Å². The Balaban J connectivity index is 2.41. The van der Waals surface area contributed by atoms with Crippen molar-refractivity contribution in [2.24, 2.45) is 5.92 Å². The second-order valence-electron chi connectivity index (χ2n) is 4.85. The molecule has 0 aromatic heterocycles. The molecule has 0 aliphatic carbocycles. The minimum atomic E-state index is -0.821. The summed E-state index contributed by atoms with van der Waals surface area (Å²) in [6.07, 6.45) is 1.31. The Morgan fingerprint density at radius 1 is 1.26 bits per heavy atom. The standard InChI is InChI=1S/C15H21NO3/c1-12(11-13-7-4-3-5-8-13)15(19)16(2)10-6-9-14(17)18/h3-5,7-8,12H,6,9-11H2,1-2H3,(H,17,18)/t12-/m0/s1. The number of carboxylic acids is 1. The number of rotatable bonds is 7.